The van der Waals surface area contributed by atoms with Gasteiger partial charge in [-0.3, -0.25) is 4.98 Å². The van der Waals surface area contributed by atoms with Crippen LogP contribution in [0.3, 0.4) is 0 Å². The van der Waals surface area contributed by atoms with Gasteiger partial charge in [0.1, 0.15) is 0 Å². The van der Waals surface area contributed by atoms with E-state index in [0.717, 1.165) is 23.1 Å². The van der Waals surface area contributed by atoms with Gasteiger partial charge in [0.25, 0.3) is 0 Å². The second-order valence-electron chi connectivity index (χ2n) is 5.58. The summed E-state index contributed by atoms with van der Waals surface area (Å²) in [7, 11) is 0. The molecular weight excluding hydrogens is 324 g/mol. The zero-order chi connectivity index (χ0) is 15.2. The molecule has 2 aromatic rings. The summed E-state index contributed by atoms with van der Waals surface area (Å²) in [5.41, 5.74) is 3.80. The summed E-state index contributed by atoms with van der Waals surface area (Å²) in [5, 5.41) is 3.53. The first-order valence-electron chi connectivity index (χ1n) is 7.54. The minimum atomic E-state index is 0.232. The highest BCUT2D eigenvalue weighted by Crippen LogP contribution is 2.24. The third-order valence-corrected chi connectivity index (χ3v) is 4.32. The molecule has 0 fully saturated rings. The Labute approximate surface area is 136 Å². The molecule has 21 heavy (non-hydrogen) atoms. The molecule has 0 aliphatic rings. The summed E-state index contributed by atoms with van der Waals surface area (Å²) in [6.07, 6.45) is 2.80. The fourth-order valence-electron chi connectivity index (χ4n) is 2.44. The molecule has 3 heteroatoms. The molecule has 1 aromatic carbocycles. The fourth-order valence-corrected chi connectivity index (χ4v) is 2.97. The van der Waals surface area contributed by atoms with Crippen LogP contribution in [0.1, 0.15) is 49.6 Å². The molecule has 0 radical (unpaired) electrons. The van der Waals surface area contributed by atoms with E-state index in [4.69, 9.17) is 0 Å². The second kappa shape index (κ2) is 7.71. The first-order chi connectivity index (χ1) is 10.1. The molecule has 1 aromatic heterocycles. The lowest BCUT2D eigenvalue weighted by Crippen LogP contribution is -2.24. The van der Waals surface area contributed by atoms with Crippen LogP contribution in [0.4, 0.5) is 0 Å². The number of benzene rings is 1. The second-order valence-corrected chi connectivity index (χ2v) is 6.44. The molecule has 1 atom stereocenters. The number of hydrogen-bond donors (Lipinski definition) is 1. The molecule has 2 rings (SSSR count). The van der Waals surface area contributed by atoms with Crippen molar-refractivity contribution >= 4 is 15.9 Å². The summed E-state index contributed by atoms with van der Waals surface area (Å²) >= 11 is 3.61. The molecule has 0 aliphatic heterocycles. The highest BCUT2D eigenvalue weighted by molar-refractivity contribution is 9.10. The van der Waals surface area contributed by atoms with E-state index < -0.39 is 0 Å². The third-order valence-electron chi connectivity index (χ3n) is 3.65. The van der Waals surface area contributed by atoms with Crippen molar-refractivity contribution in [2.45, 2.75) is 39.2 Å². The van der Waals surface area contributed by atoms with E-state index in [1.807, 2.05) is 12.3 Å². The van der Waals surface area contributed by atoms with Crippen molar-refractivity contribution in [1.82, 2.24) is 10.3 Å². The van der Waals surface area contributed by atoms with E-state index in [1.54, 1.807) is 0 Å². The Morgan fingerprint density at radius 2 is 1.86 bits per heavy atom. The lowest BCUT2D eigenvalue weighted by Gasteiger charge is -2.19. The van der Waals surface area contributed by atoms with Gasteiger partial charge in [0, 0.05) is 10.7 Å². The van der Waals surface area contributed by atoms with Crippen molar-refractivity contribution in [3.8, 4) is 0 Å². The lowest BCUT2D eigenvalue weighted by molar-refractivity contribution is 0.534. The van der Waals surface area contributed by atoms with Crippen molar-refractivity contribution < 1.29 is 0 Å². The standard InChI is InChI=1S/C18H23BrN2/c1-4-20-17(18-16(19)6-5-11-21-18)12-14-7-9-15(10-8-14)13(2)3/h5-11,13,17,20H,4,12H2,1-3H3. The quantitative estimate of drug-likeness (QED) is 0.807. The van der Waals surface area contributed by atoms with Crippen molar-refractivity contribution in [2.24, 2.45) is 0 Å². The van der Waals surface area contributed by atoms with Crippen molar-refractivity contribution in [3.05, 3.63) is 63.9 Å². The van der Waals surface area contributed by atoms with Gasteiger partial charge in [0.2, 0.25) is 0 Å². The third kappa shape index (κ3) is 4.39. The van der Waals surface area contributed by atoms with E-state index in [9.17, 15) is 0 Å². The van der Waals surface area contributed by atoms with Crippen LogP contribution in [0.25, 0.3) is 0 Å². The van der Waals surface area contributed by atoms with Gasteiger partial charge in [0.05, 0.1) is 11.7 Å². The van der Waals surface area contributed by atoms with Crippen molar-refractivity contribution in [1.29, 1.82) is 0 Å². The first-order valence-corrected chi connectivity index (χ1v) is 8.33. The Kier molecular flexibility index (Phi) is 5.95. The predicted octanol–water partition coefficient (Wildman–Crippen LogP) is 4.86. The molecule has 2 nitrogen and oxygen atoms in total. The zero-order valence-electron chi connectivity index (χ0n) is 12.9. The average Bonchev–Trinajstić information content (AvgIpc) is 2.48. The Balaban J connectivity index is 2.18. The number of halogens is 1. The highest BCUT2D eigenvalue weighted by atomic mass is 79.9. The largest absolute Gasteiger partial charge is 0.309 e. The Morgan fingerprint density at radius 3 is 2.43 bits per heavy atom. The predicted molar refractivity (Wildman–Crippen MR) is 92.6 cm³/mol. The fraction of sp³-hybridized carbons (Fsp3) is 0.389. The van der Waals surface area contributed by atoms with E-state index >= 15 is 0 Å². The number of nitrogens with zero attached hydrogens (tertiary/aromatic N) is 1. The van der Waals surface area contributed by atoms with Gasteiger partial charge in [-0.2, -0.15) is 0 Å². The normalized spacial score (nSPS) is 12.6. The van der Waals surface area contributed by atoms with Crippen LogP contribution in [0.15, 0.2) is 47.1 Å². The summed E-state index contributed by atoms with van der Waals surface area (Å²) in [4.78, 5) is 4.53. The zero-order valence-corrected chi connectivity index (χ0v) is 14.5. The number of pyridine rings is 1. The van der Waals surface area contributed by atoms with Crippen LogP contribution in [-0.2, 0) is 6.42 Å². The molecule has 1 heterocycles. The van der Waals surface area contributed by atoms with Gasteiger partial charge in [0.15, 0.2) is 0 Å². The van der Waals surface area contributed by atoms with E-state index in [1.165, 1.54) is 11.1 Å². The topological polar surface area (TPSA) is 24.9 Å². The van der Waals surface area contributed by atoms with Crippen molar-refractivity contribution in [3.63, 3.8) is 0 Å². The number of hydrogen-bond acceptors (Lipinski definition) is 2. The molecule has 0 spiro atoms. The number of aromatic nitrogens is 1. The maximum absolute atomic E-state index is 4.53. The molecular formula is C18H23BrN2. The molecule has 0 bridgehead atoms. The van der Waals surface area contributed by atoms with Crippen LogP contribution >= 0.6 is 15.9 Å². The molecule has 0 saturated heterocycles. The van der Waals surface area contributed by atoms with Gasteiger partial charge >= 0.3 is 0 Å². The highest BCUT2D eigenvalue weighted by Gasteiger charge is 2.15. The van der Waals surface area contributed by atoms with E-state index in [0.29, 0.717) is 5.92 Å². The van der Waals surface area contributed by atoms with Crippen molar-refractivity contribution in [2.75, 3.05) is 6.54 Å². The first kappa shape index (κ1) is 16.2. The minimum Gasteiger partial charge on any atom is -0.309 e. The monoisotopic (exact) mass is 346 g/mol. The van der Waals surface area contributed by atoms with Crippen LogP contribution in [0.2, 0.25) is 0 Å². The molecule has 0 amide bonds. The van der Waals surface area contributed by atoms with E-state index in [2.05, 4.69) is 77.3 Å². The van der Waals surface area contributed by atoms with Crippen LogP contribution in [0, 0.1) is 0 Å². The van der Waals surface area contributed by atoms with E-state index in [-0.39, 0.29) is 6.04 Å². The Bertz CT molecular complexity index is 564. The summed E-state index contributed by atoms with van der Waals surface area (Å²) in [6, 6.07) is 13.2. The average molecular weight is 347 g/mol. The Hall–Kier alpha value is -1.19. The van der Waals surface area contributed by atoms with Crippen LogP contribution in [-0.4, -0.2) is 11.5 Å². The number of likely N-dealkylation sites (N-methyl/N-ethyl adjacent to an activating group) is 1. The number of nitrogens with one attached hydrogen (secondary N) is 1. The Morgan fingerprint density at radius 1 is 1.14 bits per heavy atom. The summed E-state index contributed by atoms with van der Waals surface area (Å²) in [5.74, 6) is 0.577. The van der Waals surface area contributed by atoms with Gasteiger partial charge in [-0.15, -0.1) is 0 Å². The van der Waals surface area contributed by atoms with Gasteiger partial charge < -0.3 is 5.32 Å². The molecule has 1 N–H and O–H groups in total. The molecule has 1 unspecified atom stereocenters. The van der Waals surface area contributed by atoms with Gasteiger partial charge in [-0.25, -0.2) is 0 Å². The van der Waals surface area contributed by atoms with Gasteiger partial charge in [-0.1, -0.05) is 45.0 Å². The minimum absolute atomic E-state index is 0.232. The van der Waals surface area contributed by atoms with Crippen LogP contribution < -0.4 is 5.32 Å². The lowest BCUT2D eigenvalue weighted by atomic mass is 9.98. The number of rotatable bonds is 6. The maximum Gasteiger partial charge on any atom is 0.0718 e. The molecule has 112 valence electrons. The smallest absolute Gasteiger partial charge is 0.0718 e. The molecule has 0 aliphatic carbocycles. The SMILES string of the molecule is CCNC(Cc1ccc(C(C)C)cc1)c1ncccc1Br. The maximum atomic E-state index is 4.53. The molecule has 0 saturated carbocycles. The van der Waals surface area contributed by atoms with Gasteiger partial charge in [-0.05, 0) is 58.1 Å². The van der Waals surface area contributed by atoms with Crippen LogP contribution in [0.5, 0.6) is 0 Å². The summed E-state index contributed by atoms with van der Waals surface area (Å²) in [6.45, 7) is 7.51. The summed E-state index contributed by atoms with van der Waals surface area (Å²) < 4.78 is 1.06.